The molecule has 27 heavy (non-hydrogen) atoms. The summed E-state index contributed by atoms with van der Waals surface area (Å²) in [4.78, 5) is 0. The fraction of sp³-hybridized carbons (Fsp3) is 0.852. The van der Waals surface area contributed by atoms with Crippen LogP contribution in [0.25, 0.3) is 0 Å². The molecule has 0 aromatic rings. The average Bonchev–Trinajstić information content (AvgIpc) is 2.51. The van der Waals surface area contributed by atoms with Crippen molar-refractivity contribution in [3.8, 4) is 0 Å². The lowest BCUT2D eigenvalue weighted by molar-refractivity contribution is 0.103. The third-order valence-electron chi connectivity index (χ3n) is 9.41. The van der Waals surface area contributed by atoms with E-state index in [1.165, 1.54) is 57.8 Å². The van der Waals surface area contributed by atoms with Crippen LogP contribution in [0, 0.1) is 33.5 Å². The van der Waals surface area contributed by atoms with Gasteiger partial charge in [-0.1, -0.05) is 84.1 Å². The number of allylic oxidation sites excluding steroid dienone is 4. The lowest BCUT2D eigenvalue weighted by atomic mass is 9.50. The van der Waals surface area contributed by atoms with Gasteiger partial charge < -0.3 is 0 Å². The molecule has 152 valence electrons. The topological polar surface area (TPSA) is 0 Å². The number of hydrogen-bond acceptors (Lipinski definition) is 0. The summed E-state index contributed by atoms with van der Waals surface area (Å²) >= 11 is 0. The third kappa shape index (κ3) is 3.08. The summed E-state index contributed by atoms with van der Waals surface area (Å²) in [7, 11) is 0. The van der Waals surface area contributed by atoms with E-state index in [9.17, 15) is 0 Å². The zero-order chi connectivity index (χ0) is 19.8. The van der Waals surface area contributed by atoms with Gasteiger partial charge >= 0.3 is 0 Å². The Bertz CT molecular complexity index is 632. The van der Waals surface area contributed by atoms with E-state index < -0.39 is 0 Å². The van der Waals surface area contributed by atoms with Gasteiger partial charge in [0.05, 0.1) is 0 Å². The van der Waals surface area contributed by atoms with Crippen molar-refractivity contribution in [1.29, 1.82) is 0 Å². The molecule has 0 amide bonds. The second-order valence-electron chi connectivity index (χ2n) is 13.1. The second kappa shape index (κ2) is 5.99. The van der Waals surface area contributed by atoms with Crippen molar-refractivity contribution in [2.45, 2.75) is 113 Å². The lowest BCUT2D eigenvalue weighted by Crippen LogP contribution is -2.43. The van der Waals surface area contributed by atoms with Crippen LogP contribution in [0.5, 0.6) is 0 Å². The minimum atomic E-state index is 0.507. The van der Waals surface area contributed by atoms with Crippen molar-refractivity contribution in [3.63, 3.8) is 0 Å². The van der Waals surface area contributed by atoms with Crippen molar-refractivity contribution in [3.05, 3.63) is 22.3 Å². The molecular formula is C27H44. The molecule has 0 bridgehead atoms. The van der Waals surface area contributed by atoms with Gasteiger partial charge in [0.1, 0.15) is 0 Å². The van der Waals surface area contributed by atoms with Crippen LogP contribution in [0.4, 0.5) is 0 Å². The molecule has 0 aromatic heterocycles. The van der Waals surface area contributed by atoms with Gasteiger partial charge in [-0.3, -0.25) is 0 Å². The predicted octanol–water partition coefficient (Wildman–Crippen LogP) is 8.48. The van der Waals surface area contributed by atoms with E-state index in [-0.39, 0.29) is 0 Å². The first-order valence-electron chi connectivity index (χ1n) is 11.8. The summed E-state index contributed by atoms with van der Waals surface area (Å²) in [6.07, 6.45) is 12.6. The molecule has 4 rings (SSSR count). The van der Waals surface area contributed by atoms with Gasteiger partial charge in [0, 0.05) is 0 Å². The van der Waals surface area contributed by atoms with Crippen molar-refractivity contribution in [2.75, 3.05) is 0 Å². The third-order valence-corrected chi connectivity index (χ3v) is 9.41. The molecule has 0 nitrogen and oxygen atoms in total. The Morgan fingerprint density at radius 1 is 0.630 bits per heavy atom. The summed E-state index contributed by atoms with van der Waals surface area (Å²) in [5, 5.41) is 0. The van der Waals surface area contributed by atoms with E-state index in [2.05, 4.69) is 55.4 Å². The Labute approximate surface area is 169 Å². The molecule has 0 spiro atoms. The lowest BCUT2D eigenvalue weighted by Gasteiger charge is -2.55. The molecule has 4 aliphatic carbocycles. The SMILES string of the molecule is CC1(C)CC/C1=C1/CC(C)(C)C1CCCC1/C(=C2\CCC2(C)C)CC1(C)C. The summed E-state index contributed by atoms with van der Waals surface area (Å²) < 4.78 is 0. The highest BCUT2D eigenvalue weighted by Crippen LogP contribution is 2.62. The molecule has 0 saturated heterocycles. The second-order valence-corrected chi connectivity index (χ2v) is 13.1. The minimum absolute atomic E-state index is 0.507. The number of rotatable bonds is 4. The fourth-order valence-corrected chi connectivity index (χ4v) is 7.14. The molecule has 0 radical (unpaired) electrons. The Morgan fingerprint density at radius 2 is 1.00 bits per heavy atom. The van der Waals surface area contributed by atoms with Gasteiger partial charge in [0.25, 0.3) is 0 Å². The van der Waals surface area contributed by atoms with Crippen LogP contribution in [0.2, 0.25) is 0 Å². The van der Waals surface area contributed by atoms with Crippen LogP contribution in [0.1, 0.15) is 113 Å². The zero-order valence-corrected chi connectivity index (χ0v) is 19.5. The smallest absolute Gasteiger partial charge is 0.0139 e. The predicted molar refractivity (Wildman–Crippen MR) is 118 cm³/mol. The molecule has 0 aliphatic heterocycles. The maximum atomic E-state index is 2.52. The molecule has 2 atom stereocenters. The van der Waals surface area contributed by atoms with Crippen molar-refractivity contribution >= 4 is 0 Å². The van der Waals surface area contributed by atoms with E-state index >= 15 is 0 Å². The van der Waals surface area contributed by atoms with Crippen LogP contribution < -0.4 is 0 Å². The minimum Gasteiger partial charge on any atom is -0.0663 e. The standard InChI is InChI=1S/C27H44/c1-24(2)14-12-22(24)18-16-26(5,6)20(18)10-9-11-21-19(17-27(21,7)8)23-13-15-25(23,3)4/h20-21H,9-17H2,1-8H3/b22-18+,23-19+. The van der Waals surface area contributed by atoms with Gasteiger partial charge in [0.15, 0.2) is 0 Å². The Morgan fingerprint density at radius 3 is 1.22 bits per heavy atom. The molecular weight excluding hydrogens is 324 g/mol. The van der Waals surface area contributed by atoms with E-state index in [0.29, 0.717) is 21.7 Å². The molecule has 0 aromatic carbocycles. The molecule has 4 aliphatic rings. The molecule has 0 heteroatoms. The normalized spacial score (nSPS) is 40.4. The van der Waals surface area contributed by atoms with E-state index in [1.807, 2.05) is 22.3 Å². The molecule has 0 heterocycles. The molecule has 4 saturated carbocycles. The van der Waals surface area contributed by atoms with Gasteiger partial charge in [-0.25, -0.2) is 0 Å². The van der Waals surface area contributed by atoms with E-state index in [1.54, 1.807) is 0 Å². The van der Waals surface area contributed by atoms with Crippen molar-refractivity contribution in [2.24, 2.45) is 33.5 Å². The highest BCUT2D eigenvalue weighted by molar-refractivity contribution is 5.37. The van der Waals surface area contributed by atoms with Crippen LogP contribution in [-0.2, 0) is 0 Å². The number of hydrogen-bond donors (Lipinski definition) is 0. The summed E-state index contributed by atoms with van der Waals surface area (Å²) in [5.41, 5.74) is 9.54. The first-order chi connectivity index (χ1) is 12.4. The highest BCUT2D eigenvalue weighted by atomic mass is 14.5. The van der Waals surface area contributed by atoms with Crippen LogP contribution >= 0.6 is 0 Å². The van der Waals surface area contributed by atoms with Crippen LogP contribution in [-0.4, -0.2) is 0 Å². The Balaban J connectivity index is 1.42. The first-order valence-corrected chi connectivity index (χ1v) is 11.8. The molecule has 2 unspecified atom stereocenters. The van der Waals surface area contributed by atoms with Gasteiger partial charge in [0.2, 0.25) is 0 Å². The maximum absolute atomic E-state index is 2.52. The largest absolute Gasteiger partial charge is 0.0663 e. The van der Waals surface area contributed by atoms with Crippen molar-refractivity contribution in [1.82, 2.24) is 0 Å². The van der Waals surface area contributed by atoms with Gasteiger partial charge in [-0.2, -0.15) is 0 Å². The monoisotopic (exact) mass is 368 g/mol. The highest BCUT2D eigenvalue weighted by Gasteiger charge is 2.50. The first kappa shape index (κ1) is 19.8. The molecule has 4 fully saturated rings. The summed E-state index contributed by atoms with van der Waals surface area (Å²) in [6.45, 7) is 20.0. The average molecular weight is 369 g/mol. The van der Waals surface area contributed by atoms with E-state index in [4.69, 9.17) is 0 Å². The fourth-order valence-electron chi connectivity index (χ4n) is 7.14. The van der Waals surface area contributed by atoms with Crippen LogP contribution in [0.15, 0.2) is 22.3 Å². The molecule has 0 N–H and O–H groups in total. The van der Waals surface area contributed by atoms with Crippen molar-refractivity contribution < 1.29 is 0 Å². The summed E-state index contributed by atoms with van der Waals surface area (Å²) in [5.74, 6) is 1.73. The quantitative estimate of drug-likeness (QED) is 0.436. The van der Waals surface area contributed by atoms with E-state index in [0.717, 1.165) is 11.8 Å². The summed E-state index contributed by atoms with van der Waals surface area (Å²) in [6, 6.07) is 0. The van der Waals surface area contributed by atoms with Crippen LogP contribution in [0.3, 0.4) is 0 Å². The van der Waals surface area contributed by atoms with Gasteiger partial charge in [-0.05, 0) is 84.9 Å². The Hall–Kier alpha value is -0.520. The zero-order valence-electron chi connectivity index (χ0n) is 19.5. The van der Waals surface area contributed by atoms with Gasteiger partial charge in [-0.15, -0.1) is 0 Å². The maximum Gasteiger partial charge on any atom is -0.0139 e. The Kier molecular flexibility index (Phi) is 4.39.